The molecule has 3 aromatic carbocycles. The lowest BCUT2D eigenvalue weighted by Crippen LogP contribution is -2.36. The first-order valence-corrected chi connectivity index (χ1v) is 8.90. The van der Waals surface area contributed by atoms with E-state index in [1.54, 1.807) is 12.1 Å². The summed E-state index contributed by atoms with van der Waals surface area (Å²) in [4.78, 5) is 15.2. The van der Waals surface area contributed by atoms with E-state index in [9.17, 15) is 9.18 Å². The zero-order chi connectivity index (χ0) is 17.9. The predicted octanol–water partition coefficient (Wildman–Crippen LogP) is 5.20. The molecule has 0 spiro atoms. The number of hydrogen-bond donors (Lipinski definition) is 0. The Bertz CT molecular complexity index is 905. The van der Waals surface area contributed by atoms with Crippen LogP contribution in [0.5, 0.6) is 0 Å². The van der Waals surface area contributed by atoms with Crippen molar-refractivity contribution in [2.24, 2.45) is 0 Å². The second kappa shape index (κ2) is 7.12. The monoisotopic (exact) mass is 345 g/mol. The van der Waals surface area contributed by atoms with Gasteiger partial charge in [-0.05, 0) is 53.9 Å². The van der Waals surface area contributed by atoms with Gasteiger partial charge in [-0.3, -0.25) is 4.79 Å². The first kappa shape index (κ1) is 16.5. The summed E-state index contributed by atoms with van der Waals surface area (Å²) in [6, 6.07) is 24.4. The van der Waals surface area contributed by atoms with Crippen LogP contribution in [0, 0.1) is 5.82 Å². The molecule has 130 valence electrons. The number of fused-ring (bicyclic) bond motifs is 1. The van der Waals surface area contributed by atoms with Crippen molar-refractivity contribution in [1.82, 2.24) is 0 Å². The second-order valence-corrected chi connectivity index (χ2v) is 6.63. The van der Waals surface area contributed by atoms with E-state index in [0.717, 1.165) is 18.7 Å². The zero-order valence-corrected chi connectivity index (χ0v) is 14.4. The Morgan fingerprint density at radius 1 is 0.923 bits per heavy atom. The molecular formula is C23H20FNO. The quantitative estimate of drug-likeness (QED) is 0.606. The van der Waals surface area contributed by atoms with E-state index in [1.807, 2.05) is 24.3 Å². The third-order valence-electron chi connectivity index (χ3n) is 5.05. The molecule has 3 heteroatoms. The van der Waals surface area contributed by atoms with E-state index in [2.05, 4.69) is 35.2 Å². The number of benzene rings is 3. The number of anilines is 1. The van der Waals surface area contributed by atoms with Crippen molar-refractivity contribution in [3.8, 4) is 0 Å². The lowest BCUT2D eigenvalue weighted by Gasteiger charge is -2.39. The van der Waals surface area contributed by atoms with Gasteiger partial charge in [-0.2, -0.15) is 0 Å². The maximum absolute atomic E-state index is 13.2. The van der Waals surface area contributed by atoms with Crippen molar-refractivity contribution in [1.29, 1.82) is 0 Å². The van der Waals surface area contributed by atoms with Crippen LogP contribution in [-0.4, -0.2) is 12.3 Å². The highest BCUT2D eigenvalue weighted by Crippen LogP contribution is 2.36. The van der Waals surface area contributed by atoms with Gasteiger partial charge in [0.25, 0.3) is 0 Å². The van der Waals surface area contributed by atoms with Crippen LogP contribution in [-0.2, 0) is 6.42 Å². The van der Waals surface area contributed by atoms with Crippen LogP contribution in [0.15, 0.2) is 78.9 Å². The molecule has 4 rings (SSSR count). The van der Waals surface area contributed by atoms with Crippen LogP contribution < -0.4 is 4.90 Å². The van der Waals surface area contributed by atoms with E-state index in [-0.39, 0.29) is 17.6 Å². The third kappa shape index (κ3) is 3.25. The van der Waals surface area contributed by atoms with Crippen LogP contribution in [0.4, 0.5) is 10.1 Å². The van der Waals surface area contributed by atoms with Gasteiger partial charge in [0.1, 0.15) is 5.82 Å². The largest absolute Gasteiger partial charge is 0.364 e. The van der Waals surface area contributed by atoms with E-state index < -0.39 is 0 Å². The fourth-order valence-corrected chi connectivity index (χ4v) is 3.73. The average Bonchev–Trinajstić information content (AvgIpc) is 2.69. The smallest absolute Gasteiger partial charge is 0.165 e. The molecule has 0 N–H and O–H groups in total. The Labute approximate surface area is 152 Å². The van der Waals surface area contributed by atoms with Crippen LogP contribution in [0.3, 0.4) is 0 Å². The lowest BCUT2D eigenvalue weighted by molar-refractivity contribution is 0.0972. The van der Waals surface area contributed by atoms with Crippen LogP contribution in [0.25, 0.3) is 0 Å². The van der Waals surface area contributed by atoms with Crippen LogP contribution in [0.1, 0.15) is 33.9 Å². The standard InChI is InChI=1S/C23H20FNO/c24-19-12-10-18(11-13-19)23(26)16-22-21-9-5-4-6-17(21)14-15-25(22)20-7-2-1-3-8-20/h1-13,22H,14-16H2. The molecular weight excluding hydrogens is 325 g/mol. The Balaban J connectivity index is 1.68. The van der Waals surface area contributed by atoms with Crippen molar-refractivity contribution >= 4 is 11.5 Å². The van der Waals surface area contributed by atoms with Crippen molar-refractivity contribution in [2.45, 2.75) is 18.9 Å². The molecule has 2 nitrogen and oxygen atoms in total. The molecule has 1 aliphatic heterocycles. The molecule has 0 aliphatic carbocycles. The summed E-state index contributed by atoms with van der Waals surface area (Å²) in [5, 5.41) is 0. The zero-order valence-electron chi connectivity index (χ0n) is 14.4. The van der Waals surface area contributed by atoms with Crippen LogP contribution in [0.2, 0.25) is 0 Å². The fourth-order valence-electron chi connectivity index (χ4n) is 3.73. The van der Waals surface area contributed by atoms with Gasteiger partial charge in [-0.1, -0.05) is 42.5 Å². The van der Waals surface area contributed by atoms with Crippen molar-refractivity contribution in [2.75, 3.05) is 11.4 Å². The molecule has 26 heavy (non-hydrogen) atoms. The van der Waals surface area contributed by atoms with E-state index in [1.165, 1.54) is 23.3 Å². The molecule has 0 bridgehead atoms. The normalized spacial score (nSPS) is 16.2. The predicted molar refractivity (Wildman–Crippen MR) is 102 cm³/mol. The molecule has 0 saturated carbocycles. The van der Waals surface area contributed by atoms with Gasteiger partial charge in [0.15, 0.2) is 5.78 Å². The molecule has 1 atom stereocenters. The fraction of sp³-hybridized carbons (Fsp3) is 0.174. The summed E-state index contributed by atoms with van der Waals surface area (Å²) in [5.41, 5.74) is 4.19. The van der Waals surface area contributed by atoms with Crippen LogP contribution >= 0.6 is 0 Å². The van der Waals surface area contributed by atoms with Gasteiger partial charge in [-0.15, -0.1) is 0 Å². The Kier molecular flexibility index (Phi) is 4.53. The number of hydrogen-bond acceptors (Lipinski definition) is 2. The molecule has 3 aromatic rings. The molecule has 1 aliphatic rings. The molecule has 0 fully saturated rings. The Morgan fingerprint density at radius 2 is 1.62 bits per heavy atom. The topological polar surface area (TPSA) is 20.3 Å². The Morgan fingerprint density at radius 3 is 2.38 bits per heavy atom. The third-order valence-corrected chi connectivity index (χ3v) is 5.05. The van der Waals surface area contributed by atoms with Gasteiger partial charge >= 0.3 is 0 Å². The number of Topliss-reactive ketones (excluding diaryl/α,β-unsaturated/α-hetero) is 1. The van der Waals surface area contributed by atoms with E-state index >= 15 is 0 Å². The maximum Gasteiger partial charge on any atom is 0.165 e. The average molecular weight is 345 g/mol. The van der Waals surface area contributed by atoms with Crippen molar-refractivity contribution in [3.05, 3.63) is 101 Å². The highest BCUT2D eigenvalue weighted by Gasteiger charge is 2.29. The minimum atomic E-state index is -0.324. The number of carbonyl (C=O) groups excluding carboxylic acids is 1. The number of nitrogens with zero attached hydrogens (tertiary/aromatic N) is 1. The summed E-state index contributed by atoms with van der Waals surface area (Å²) in [7, 11) is 0. The van der Waals surface area contributed by atoms with E-state index in [0.29, 0.717) is 12.0 Å². The summed E-state index contributed by atoms with van der Waals surface area (Å²) in [6.07, 6.45) is 1.34. The number of ketones is 1. The minimum Gasteiger partial charge on any atom is -0.364 e. The lowest BCUT2D eigenvalue weighted by atomic mass is 9.88. The van der Waals surface area contributed by atoms with Crippen molar-refractivity contribution < 1.29 is 9.18 Å². The van der Waals surface area contributed by atoms with Crippen molar-refractivity contribution in [3.63, 3.8) is 0 Å². The van der Waals surface area contributed by atoms with Gasteiger partial charge in [0.2, 0.25) is 0 Å². The summed E-state index contributed by atoms with van der Waals surface area (Å²) in [6.45, 7) is 0.877. The molecule has 0 amide bonds. The first-order valence-electron chi connectivity index (χ1n) is 8.90. The molecule has 1 unspecified atom stereocenters. The van der Waals surface area contributed by atoms with E-state index in [4.69, 9.17) is 0 Å². The number of rotatable bonds is 4. The van der Waals surface area contributed by atoms with Gasteiger partial charge in [0.05, 0.1) is 6.04 Å². The first-order chi connectivity index (χ1) is 12.7. The summed E-state index contributed by atoms with van der Waals surface area (Å²) in [5.74, 6) is -0.289. The molecule has 0 radical (unpaired) electrons. The van der Waals surface area contributed by atoms with Gasteiger partial charge in [0, 0.05) is 24.2 Å². The summed E-state index contributed by atoms with van der Waals surface area (Å²) < 4.78 is 13.2. The SMILES string of the molecule is O=C(CC1c2ccccc2CCN1c1ccccc1)c1ccc(F)cc1. The number of carbonyl (C=O) groups is 1. The molecule has 1 heterocycles. The Hall–Kier alpha value is -2.94. The highest BCUT2D eigenvalue weighted by molar-refractivity contribution is 5.96. The maximum atomic E-state index is 13.2. The minimum absolute atomic E-state index is 0.0140. The molecule has 0 aromatic heterocycles. The van der Waals surface area contributed by atoms with Gasteiger partial charge < -0.3 is 4.90 Å². The second-order valence-electron chi connectivity index (χ2n) is 6.63. The highest BCUT2D eigenvalue weighted by atomic mass is 19.1. The van der Waals surface area contributed by atoms with Gasteiger partial charge in [-0.25, -0.2) is 4.39 Å². The number of halogens is 1. The molecule has 0 saturated heterocycles. The number of para-hydroxylation sites is 1. The summed E-state index contributed by atoms with van der Waals surface area (Å²) >= 11 is 0.